The van der Waals surface area contributed by atoms with Crippen LogP contribution in [0.15, 0.2) is 79.0 Å². The van der Waals surface area contributed by atoms with E-state index in [0.717, 1.165) is 16.6 Å². The zero-order valence-corrected chi connectivity index (χ0v) is 20.5. The number of para-hydroxylation sites is 2. The Morgan fingerprint density at radius 3 is 2.82 bits per heavy atom. The van der Waals surface area contributed by atoms with Crippen LogP contribution in [0.3, 0.4) is 0 Å². The zero-order valence-electron chi connectivity index (χ0n) is 20.5. The quantitative estimate of drug-likeness (QED) is 0.307. The maximum absolute atomic E-state index is 12.9. The molecule has 1 unspecified atom stereocenters. The number of phenols is 1. The van der Waals surface area contributed by atoms with Gasteiger partial charge in [0.1, 0.15) is 24.3 Å². The number of nitrogens with zero attached hydrogens (tertiary/aromatic N) is 2. The van der Waals surface area contributed by atoms with E-state index in [2.05, 4.69) is 20.3 Å². The molecule has 0 saturated carbocycles. The summed E-state index contributed by atoms with van der Waals surface area (Å²) in [6.45, 7) is 0.655. The summed E-state index contributed by atoms with van der Waals surface area (Å²) in [5.41, 5.74) is 3.93. The fourth-order valence-corrected chi connectivity index (χ4v) is 4.41. The van der Waals surface area contributed by atoms with Gasteiger partial charge in [-0.2, -0.15) is 0 Å². The number of hydrogen-bond acceptors (Lipinski definition) is 7. The second kappa shape index (κ2) is 9.78. The highest BCUT2D eigenvalue weighted by Gasteiger charge is 2.22. The summed E-state index contributed by atoms with van der Waals surface area (Å²) in [5.74, 6) is 2.16. The van der Waals surface area contributed by atoms with Gasteiger partial charge in [-0.25, -0.2) is 9.97 Å². The Hall–Kier alpha value is -5.05. The summed E-state index contributed by atoms with van der Waals surface area (Å²) in [4.78, 5) is 25.0. The minimum Gasteiger partial charge on any atom is -0.507 e. The highest BCUT2D eigenvalue weighted by atomic mass is 16.6. The Bertz CT molecular complexity index is 1650. The van der Waals surface area contributed by atoms with Gasteiger partial charge in [0.05, 0.1) is 30.3 Å². The summed E-state index contributed by atoms with van der Waals surface area (Å²) in [6.07, 6.45) is 1.37. The van der Waals surface area contributed by atoms with Crippen LogP contribution in [-0.4, -0.2) is 52.3 Å². The molecule has 38 heavy (non-hydrogen) atoms. The van der Waals surface area contributed by atoms with Crippen molar-refractivity contribution in [3.63, 3.8) is 0 Å². The minimum atomic E-state index is -0.289. The third-order valence-electron chi connectivity index (χ3n) is 6.33. The van der Waals surface area contributed by atoms with Crippen molar-refractivity contribution in [2.75, 3.05) is 20.3 Å². The molecule has 0 aliphatic carbocycles. The second-order valence-electron chi connectivity index (χ2n) is 8.82. The van der Waals surface area contributed by atoms with Crippen LogP contribution in [0.4, 0.5) is 0 Å². The number of phenolic OH excluding ortho intramolecular Hbond substituents is 1. The lowest BCUT2D eigenvalue weighted by atomic mass is 10.0. The number of aromatic hydroxyl groups is 1. The summed E-state index contributed by atoms with van der Waals surface area (Å²) in [6, 6.07) is 21.6. The van der Waals surface area contributed by atoms with Crippen LogP contribution in [0.5, 0.6) is 23.1 Å². The number of methoxy groups -OCH3 is 1. The van der Waals surface area contributed by atoms with Crippen LogP contribution in [0.2, 0.25) is 0 Å². The average Bonchev–Trinajstić information content (AvgIpc) is 3.39. The number of hydrogen-bond donors (Lipinski definition) is 3. The molecular weight excluding hydrogens is 484 g/mol. The third-order valence-corrected chi connectivity index (χ3v) is 6.33. The number of imidazole rings is 1. The fraction of sp³-hybridized carbons (Fsp3) is 0.138. The van der Waals surface area contributed by atoms with Crippen molar-refractivity contribution in [1.29, 1.82) is 0 Å². The molecule has 190 valence electrons. The predicted molar refractivity (Wildman–Crippen MR) is 142 cm³/mol. The number of amides is 1. The number of aromatic nitrogens is 3. The Balaban J connectivity index is 1.21. The standard InChI is InChI=1S/C29H24N4O5/c1-36-29-20(5-4-12-30-29)17-9-11-24(34)21(13-17)27-32-22-10-8-18(14-23(22)33-27)28(35)31-15-19-16-37-25-6-2-3-7-26(25)38-19/h2-14,19,34H,15-16H2,1H3,(H,31,35)(H,32,33). The molecule has 0 radical (unpaired) electrons. The van der Waals surface area contributed by atoms with Crippen molar-refractivity contribution in [2.45, 2.75) is 6.10 Å². The number of ether oxygens (including phenoxy) is 3. The predicted octanol–water partition coefficient (Wildman–Crippen LogP) is 4.58. The largest absolute Gasteiger partial charge is 0.507 e. The lowest BCUT2D eigenvalue weighted by Crippen LogP contribution is -2.40. The molecule has 6 rings (SSSR count). The van der Waals surface area contributed by atoms with Gasteiger partial charge in [0.25, 0.3) is 5.91 Å². The van der Waals surface area contributed by atoms with Crippen molar-refractivity contribution in [3.05, 3.63) is 84.6 Å². The lowest BCUT2D eigenvalue weighted by Gasteiger charge is -2.26. The van der Waals surface area contributed by atoms with Crippen molar-refractivity contribution in [3.8, 4) is 45.6 Å². The van der Waals surface area contributed by atoms with Crippen molar-refractivity contribution in [2.24, 2.45) is 0 Å². The van der Waals surface area contributed by atoms with Crippen LogP contribution in [0.25, 0.3) is 33.5 Å². The van der Waals surface area contributed by atoms with E-state index in [-0.39, 0.29) is 17.8 Å². The van der Waals surface area contributed by atoms with Crippen molar-refractivity contribution < 1.29 is 24.1 Å². The van der Waals surface area contributed by atoms with E-state index in [1.807, 2.05) is 42.5 Å². The topological polar surface area (TPSA) is 119 Å². The van der Waals surface area contributed by atoms with E-state index in [9.17, 15) is 9.90 Å². The Morgan fingerprint density at radius 2 is 1.95 bits per heavy atom. The molecule has 1 aliphatic heterocycles. The highest BCUT2D eigenvalue weighted by molar-refractivity contribution is 5.97. The number of H-pyrrole nitrogens is 1. The number of nitrogens with one attached hydrogen (secondary N) is 2. The van der Waals surface area contributed by atoms with E-state index in [1.165, 1.54) is 0 Å². The molecule has 3 N–H and O–H groups in total. The summed E-state index contributed by atoms with van der Waals surface area (Å²) in [5, 5.41) is 13.5. The van der Waals surface area contributed by atoms with Gasteiger partial charge in [0.15, 0.2) is 11.5 Å². The Kier molecular flexibility index (Phi) is 6.01. The molecule has 0 bridgehead atoms. The molecule has 1 atom stereocenters. The van der Waals surface area contributed by atoms with E-state index in [0.29, 0.717) is 53.0 Å². The molecule has 3 aromatic carbocycles. The maximum atomic E-state index is 12.9. The van der Waals surface area contributed by atoms with Crippen molar-refractivity contribution in [1.82, 2.24) is 20.3 Å². The molecule has 9 nitrogen and oxygen atoms in total. The van der Waals surface area contributed by atoms with Gasteiger partial charge < -0.3 is 29.6 Å². The number of rotatable bonds is 6. The SMILES string of the molecule is COc1ncccc1-c1ccc(O)c(-c2nc3cc(C(=O)NCC4COc5ccccc5O4)ccc3[nH]2)c1. The third kappa shape index (κ3) is 4.45. The first-order valence-electron chi connectivity index (χ1n) is 12.1. The number of carbonyl (C=O) groups is 1. The number of aromatic amines is 1. The summed E-state index contributed by atoms with van der Waals surface area (Å²) in [7, 11) is 1.56. The highest BCUT2D eigenvalue weighted by Crippen LogP contribution is 2.36. The minimum absolute atomic E-state index is 0.0740. The molecule has 0 spiro atoms. The van der Waals surface area contributed by atoms with Crippen LogP contribution in [-0.2, 0) is 0 Å². The van der Waals surface area contributed by atoms with Gasteiger partial charge >= 0.3 is 0 Å². The van der Waals surface area contributed by atoms with Crippen LogP contribution >= 0.6 is 0 Å². The monoisotopic (exact) mass is 508 g/mol. The number of benzene rings is 3. The Labute approximate surface area is 218 Å². The average molecular weight is 509 g/mol. The van der Waals surface area contributed by atoms with Crippen LogP contribution < -0.4 is 19.5 Å². The molecule has 3 heterocycles. The van der Waals surface area contributed by atoms with E-state index in [1.54, 1.807) is 43.6 Å². The molecule has 1 aliphatic rings. The first-order chi connectivity index (χ1) is 18.6. The van der Waals surface area contributed by atoms with Crippen LogP contribution in [0.1, 0.15) is 10.4 Å². The normalized spacial score (nSPS) is 14.3. The number of fused-ring (bicyclic) bond motifs is 2. The Morgan fingerprint density at radius 1 is 1.08 bits per heavy atom. The molecule has 5 aromatic rings. The summed E-state index contributed by atoms with van der Waals surface area (Å²) < 4.78 is 17.0. The van der Waals surface area contributed by atoms with Gasteiger partial charge in [0, 0.05) is 17.3 Å². The smallest absolute Gasteiger partial charge is 0.251 e. The van der Waals surface area contributed by atoms with Crippen LogP contribution in [0, 0.1) is 0 Å². The first kappa shape index (κ1) is 23.4. The molecule has 9 heteroatoms. The van der Waals surface area contributed by atoms with Gasteiger partial charge in [-0.15, -0.1) is 0 Å². The lowest BCUT2D eigenvalue weighted by molar-refractivity contribution is 0.0789. The van der Waals surface area contributed by atoms with Crippen molar-refractivity contribution >= 4 is 16.9 Å². The van der Waals surface area contributed by atoms with Gasteiger partial charge in [0.2, 0.25) is 5.88 Å². The molecule has 2 aromatic heterocycles. The molecule has 0 saturated heterocycles. The first-order valence-corrected chi connectivity index (χ1v) is 12.1. The number of carbonyl (C=O) groups excluding carboxylic acids is 1. The van der Waals surface area contributed by atoms with Gasteiger partial charge in [-0.1, -0.05) is 18.2 Å². The van der Waals surface area contributed by atoms with E-state index < -0.39 is 0 Å². The second-order valence-corrected chi connectivity index (χ2v) is 8.82. The molecular formula is C29H24N4O5. The molecule has 0 fully saturated rings. The fourth-order valence-electron chi connectivity index (χ4n) is 4.41. The van der Waals surface area contributed by atoms with E-state index in [4.69, 9.17) is 14.2 Å². The van der Waals surface area contributed by atoms with Gasteiger partial charge in [-0.05, 0) is 60.2 Å². The maximum Gasteiger partial charge on any atom is 0.251 e. The van der Waals surface area contributed by atoms with Gasteiger partial charge in [-0.3, -0.25) is 4.79 Å². The van der Waals surface area contributed by atoms with E-state index >= 15 is 0 Å². The summed E-state index contributed by atoms with van der Waals surface area (Å²) >= 11 is 0. The molecule has 1 amide bonds. The zero-order chi connectivity index (χ0) is 26.1. The number of pyridine rings is 1.